The van der Waals surface area contributed by atoms with Crippen molar-refractivity contribution in [1.29, 1.82) is 0 Å². The minimum absolute atomic E-state index is 0.283. The van der Waals surface area contributed by atoms with Crippen molar-refractivity contribution in [2.45, 2.75) is 31.3 Å². The first-order valence-corrected chi connectivity index (χ1v) is 8.78. The Morgan fingerprint density at radius 2 is 1.96 bits per heavy atom. The summed E-state index contributed by atoms with van der Waals surface area (Å²) >= 11 is 0. The molecule has 0 amide bonds. The van der Waals surface area contributed by atoms with Crippen molar-refractivity contribution in [2.24, 2.45) is 5.73 Å². The lowest BCUT2D eigenvalue weighted by atomic mass is 9.78. The number of rotatable bonds is 5. The van der Waals surface area contributed by atoms with Gasteiger partial charge in [0.05, 0.1) is 11.4 Å². The molecule has 0 saturated heterocycles. The van der Waals surface area contributed by atoms with Crippen LogP contribution in [0.5, 0.6) is 0 Å². The zero-order chi connectivity index (χ0) is 18.1. The smallest absolute Gasteiger partial charge is 0.222 e. The molecule has 134 valence electrons. The van der Waals surface area contributed by atoms with Crippen LogP contribution in [0.1, 0.15) is 30.0 Å². The molecule has 0 aliphatic heterocycles. The fourth-order valence-electron chi connectivity index (χ4n) is 3.31. The summed E-state index contributed by atoms with van der Waals surface area (Å²) in [6.45, 7) is 0.736. The molecule has 1 aliphatic carbocycles. The summed E-state index contributed by atoms with van der Waals surface area (Å²) in [7, 11) is 2.01. The molecule has 1 saturated carbocycles. The number of hydrogen-bond donors (Lipinski definition) is 2. The van der Waals surface area contributed by atoms with E-state index in [9.17, 15) is 0 Å². The molecule has 0 atom stereocenters. The van der Waals surface area contributed by atoms with E-state index in [2.05, 4.69) is 44.2 Å². The van der Waals surface area contributed by atoms with Crippen LogP contribution < -0.4 is 16.4 Å². The van der Waals surface area contributed by atoms with Crippen molar-refractivity contribution in [3.8, 4) is 5.69 Å². The number of nitrogen functional groups attached to an aromatic ring is 1. The van der Waals surface area contributed by atoms with E-state index in [0.29, 0.717) is 11.9 Å². The van der Waals surface area contributed by atoms with Crippen molar-refractivity contribution in [1.82, 2.24) is 19.7 Å². The zero-order valence-electron chi connectivity index (χ0n) is 14.8. The first-order chi connectivity index (χ1) is 12.6. The van der Waals surface area contributed by atoms with Gasteiger partial charge < -0.3 is 16.4 Å². The highest BCUT2D eigenvalue weighted by Gasteiger charge is 2.29. The molecular weight excluding hydrogens is 326 g/mol. The molecule has 0 unspecified atom stereocenters. The van der Waals surface area contributed by atoms with Crippen molar-refractivity contribution in [2.75, 3.05) is 17.7 Å². The topological polar surface area (TPSA) is 98.9 Å². The summed E-state index contributed by atoms with van der Waals surface area (Å²) in [5.41, 5.74) is 15.0. The van der Waals surface area contributed by atoms with Crippen molar-refractivity contribution >= 4 is 11.8 Å². The van der Waals surface area contributed by atoms with Crippen molar-refractivity contribution in [3.05, 3.63) is 60.0 Å². The summed E-state index contributed by atoms with van der Waals surface area (Å²) in [5.74, 6) is 1.55. The van der Waals surface area contributed by atoms with Gasteiger partial charge in [-0.25, -0.2) is 9.67 Å². The highest BCUT2D eigenvalue weighted by molar-refractivity contribution is 5.45. The Labute approximate surface area is 152 Å². The fourth-order valence-corrected chi connectivity index (χ4v) is 3.31. The predicted octanol–water partition coefficient (Wildman–Crippen LogP) is 2.09. The average Bonchev–Trinajstić information content (AvgIpc) is 3.13. The fraction of sp³-hybridized carbons (Fsp3) is 0.316. The molecule has 26 heavy (non-hydrogen) atoms. The van der Waals surface area contributed by atoms with Crippen LogP contribution >= 0.6 is 0 Å². The number of nitrogens with two attached hydrogens (primary N) is 2. The molecule has 2 heterocycles. The Kier molecular flexibility index (Phi) is 4.30. The first-order valence-electron chi connectivity index (χ1n) is 8.78. The van der Waals surface area contributed by atoms with Crippen LogP contribution in [-0.2, 0) is 6.54 Å². The van der Waals surface area contributed by atoms with Crippen LogP contribution in [0.2, 0.25) is 0 Å². The standard InChI is InChI=1S/C19H23N7/c1-25(12-13-3-5-16(6-4-13)26-8-2-7-22-26)18-11-17(23-19(21)24-18)14-9-15(20)10-14/h2-8,11,14-15H,9-10,12,20H2,1H3,(H2,21,23,24). The SMILES string of the molecule is CN(Cc1ccc(-n2cccn2)cc1)c1cc(C2CC(N)C2)nc(N)n1. The van der Waals surface area contributed by atoms with Crippen LogP contribution in [0.4, 0.5) is 11.8 Å². The van der Waals surface area contributed by atoms with Gasteiger partial charge in [-0.3, -0.25) is 0 Å². The van der Waals surface area contributed by atoms with Crippen LogP contribution in [-0.4, -0.2) is 32.8 Å². The Balaban J connectivity index is 1.48. The number of anilines is 2. The summed E-state index contributed by atoms with van der Waals surface area (Å²) in [6, 6.07) is 12.6. The second-order valence-electron chi connectivity index (χ2n) is 6.91. The molecular formula is C19H23N7. The van der Waals surface area contributed by atoms with Gasteiger partial charge in [-0.2, -0.15) is 10.1 Å². The van der Waals surface area contributed by atoms with Gasteiger partial charge >= 0.3 is 0 Å². The van der Waals surface area contributed by atoms with E-state index in [0.717, 1.165) is 36.6 Å². The Hall–Kier alpha value is -2.93. The summed E-state index contributed by atoms with van der Waals surface area (Å²) in [4.78, 5) is 10.9. The third-order valence-corrected chi connectivity index (χ3v) is 4.86. The lowest BCUT2D eigenvalue weighted by molar-refractivity contribution is 0.345. The monoisotopic (exact) mass is 349 g/mol. The lowest BCUT2D eigenvalue weighted by Gasteiger charge is -2.32. The minimum Gasteiger partial charge on any atom is -0.368 e. The molecule has 1 aliphatic rings. The summed E-state index contributed by atoms with van der Waals surface area (Å²) < 4.78 is 1.84. The van der Waals surface area contributed by atoms with Gasteiger partial charge in [0.2, 0.25) is 5.95 Å². The van der Waals surface area contributed by atoms with Gasteiger partial charge in [-0.05, 0) is 36.6 Å². The maximum absolute atomic E-state index is 5.93. The van der Waals surface area contributed by atoms with Gasteiger partial charge in [0.25, 0.3) is 0 Å². The first kappa shape index (κ1) is 16.5. The quantitative estimate of drug-likeness (QED) is 0.732. The highest BCUT2D eigenvalue weighted by atomic mass is 15.3. The van der Waals surface area contributed by atoms with E-state index in [1.807, 2.05) is 30.1 Å². The predicted molar refractivity (Wildman–Crippen MR) is 102 cm³/mol. The zero-order valence-corrected chi connectivity index (χ0v) is 14.8. The van der Waals surface area contributed by atoms with Gasteiger partial charge in [-0.15, -0.1) is 0 Å². The second kappa shape index (κ2) is 6.76. The molecule has 2 aromatic heterocycles. The van der Waals surface area contributed by atoms with Gasteiger partial charge in [0, 0.05) is 44.0 Å². The number of benzene rings is 1. The average molecular weight is 349 g/mol. The maximum Gasteiger partial charge on any atom is 0.222 e. The van der Waals surface area contributed by atoms with Crippen LogP contribution in [0, 0.1) is 0 Å². The van der Waals surface area contributed by atoms with E-state index in [-0.39, 0.29) is 6.04 Å². The van der Waals surface area contributed by atoms with Gasteiger partial charge in [0.15, 0.2) is 0 Å². The molecule has 0 bridgehead atoms. The maximum atomic E-state index is 5.93. The number of aromatic nitrogens is 4. The normalized spacial score (nSPS) is 19.2. The van der Waals surface area contributed by atoms with E-state index in [4.69, 9.17) is 11.5 Å². The number of nitrogens with zero attached hydrogens (tertiary/aromatic N) is 5. The molecule has 1 aromatic carbocycles. The molecule has 0 radical (unpaired) electrons. The summed E-state index contributed by atoms with van der Waals surface area (Å²) in [5, 5.41) is 4.25. The van der Waals surface area contributed by atoms with Crippen molar-refractivity contribution in [3.63, 3.8) is 0 Å². The highest BCUT2D eigenvalue weighted by Crippen LogP contribution is 2.35. The Morgan fingerprint density at radius 3 is 2.62 bits per heavy atom. The third-order valence-electron chi connectivity index (χ3n) is 4.86. The Morgan fingerprint density at radius 1 is 1.19 bits per heavy atom. The molecule has 1 fully saturated rings. The van der Waals surface area contributed by atoms with E-state index < -0.39 is 0 Å². The van der Waals surface area contributed by atoms with E-state index in [1.165, 1.54) is 5.56 Å². The molecule has 4 rings (SSSR count). The van der Waals surface area contributed by atoms with Crippen LogP contribution in [0.15, 0.2) is 48.8 Å². The molecule has 4 N–H and O–H groups in total. The van der Waals surface area contributed by atoms with Crippen molar-refractivity contribution < 1.29 is 0 Å². The largest absolute Gasteiger partial charge is 0.368 e. The molecule has 7 nitrogen and oxygen atoms in total. The van der Waals surface area contributed by atoms with E-state index in [1.54, 1.807) is 6.20 Å². The summed E-state index contributed by atoms with van der Waals surface area (Å²) in [6.07, 6.45) is 5.63. The van der Waals surface area contributed by atoms with Gasteiger partial charge in [-0.1, -0.05) is 12.1 Å². The molecule has 0 spiro atoms. The van der Waals surface area contributed by atoms with Gasteiger partial charge in [0.1, 0.15) is 5.82 Å². The second-order valence-corrected chi connectivity index (χ2v) is 6.91. The van der Waals surface area contributed by atoms with E-state index >= 15 is 0 Å². The van der Waals surface area contributed by atoms with Crippen LogP contribution in [0.3, 0.4) is 0 Å². The Bertz CT molecular complexity index is 867. The molecule has 7 heteroatoms. The number of hydrogen-bond acceptors (Lipinski definition) is 6. The minimum atomic E-state index is 0.283. The van der Waals surface area contributed by atoms with Crippen LogP contribution in [0.25, 0.3) is 5.69 Å². The third kappa shape index (κ3) is 3.39. The lowest BCUT2D eigenvalue weighted by Crippen LogP contribution is -2.35. The molecule has 3 aromatic rings.